The van der Waals surface area contributed by atoms with Crippen LogP contribution in [0.4, 0.5) is 0 Å². The van der Waals surface area contributed by atoms with E-state index in [0.29, 0.717) is 24.5 Å². The van der Waals surface area contributed by atoms with Gasteiger partial charge in [0.15, 0.2) is 0 Å². The standard InChI is InChI=1S/C18H20N4O2/c1-24-14-6-7-15-16(10-14)22-17(21-15)11-20-18(23)13-4-2-12(3-5-13)8-9-19/h2-7,10H,8-9,11,19H2,1H3,(H,20,23)(H,21,22). The number of ether oxygens (including phenoxy) is 1. The molecular weight excluding hydrogens is 304 g/mol. The van der Waals surface area contributed by atoms with Gasteiger partial charge in [-0.2, -0.15) is 0 Å². The summed E-state index contributed by atoms with van der Waals surface area (Å²) in [6.07, 6.45) is 0.810. The molecule has 1 aromatic heterocycles. The van der Waals surface area contributed by atoms with Crippen LogP contribution in [0.1, 0.15) is 21.7 Å². The van der Waals surface area contributed by atoms with E-state index in [1.165, 1.54) is 0 Å². The highest BCUT2D eigenvalue weighted by molar-refractivity contribution is 5.94. The van der Waals surface area contributed by atoms with E-state index in [1.807, 2.05) is 42.5 Å². The fourth-order valence-corrected chi connectivity index (χ4v) is 2.51. The number of benzene rings is 2. The van der Waals surface area contributed by atoms with Gasteiger partial charge in [-0.3, -0.25) is 4.79 Å². The van der Waals surface area contributed by atoms with E-state index >= 15 is 0 Å². The number of imidazole rings is 1. The molecule has 0 saturated heterocycles. The van der Waals surface area contributed by atoms with Crippen LogP contribution < -0.4 is 15.8 Å². The summed E-state index contributed by atoms with van der Waals surface area (Å²) in [7, 11) is 1.62. The fraction of sp³-hybridized carbons (Fsp3) is 0.222. The number of nitrogens with two attached hydrogens (primary N) is 1. The first-order valence-electron chi connectivity index (χ1n) is 7.79. The molecule has 0 fully saturated rings. The Kier molecular flexibility index (Phi) is 4.77. The number of fused-ring (bicyclic) bond motifs is 1. The molecule has 124 valence electrons. The second-order valence-electron chi connectivity index (χ2n) is 5.48. The van der Waals surface area contributed by atoms with Crippen LogP contribution in [0.15, 0.2) is 42.5 Å². The molecule has 0 atom stereocenters. The van der Waals surface area contributed by atoms with Crippen molar-refractivity contribution >= 4 is 16.9 Å². The van der Waals surface area contributed by atoms with Crippen LogP contribution in [-0.4, -0.2) is 29.5 Å². The first-order chi connectivity index (χ1) is 11.7. The number of nitrogens with zero attached hydrogens (tertiary/aromatic N) is 1. The summed E-state index contributed by atoms with van der Waals surface area (Å²) in [5.41, 5.74) is 8.99. The molecule has 0 unspecified atom stereocenters. The highest BCUT2D eigenvalue weighted by atomic mass is 16.5. The molecule has 6 nitrogen and oxygen atoms in total. The van der Waals surface area contributed by atoms with Gasteiger partial charge in [0.1, 0.15) is 11.6 Å². The SMILES string of the molecule is COc1ccc2nc(CNC(=O)c3ccc(CCN)cc3)[nH]c2c1. The summed E-state index contributed by atoms with van der Waals surface area (Å²) in [5, 5.41) is 2.87. The predicted octanol–water partition coefficient (Wildman–Crippen LogP) is 2.00. The zero-order valence-electron chi connectivity index (χ0n) is 13.5. The first-order valence-corrected chi connectivity index (χ1v) is 7.79. The Morgan fingerprint density at radius 3 is 2.75 bits per heavy atom. The number of carbonyl (C=O) groups excluding carboxylic acids is 1. The van der Waals surface area contributed by atoms with Crippen LogP contribution in [0.5, 0.6) is 5.75 Å². The van der Waals surface area contributed by atoms with Gasteiger partial charge in [-0.05, 0) is 42.8 Å². The Balaban J connectivity index is 1.65. The lowest BCUT2D eigenvalue weighted by molar-refractivity contribution is 0.0950. The molecule has 0 aliphatic carbocycles. The smallest absolute Gasteiger partial charge is 0.251 e. The maximum atomic E-state index is 12.2. The van der Waals surface area contributed by atoms with Gasteiger partial charge in [-0.25, -0.2) is 4.98 Å². The second kappa shape index (κ2) is 7.14. The Bertz CT molecular complexity index is 840. The van der Waals surface area contributed by atoms with Gasteiger partial charge in [-0.15, -0.1) is 0 Å². The summed E-state index contributed by atoms with van der Waals surface area (Å²) in [5.74, 6) is 1.33. The Morgan fingerprint density at radius 2 is 2.04 bits per heavy atom. The maximum Gasteiger partial charge on any atom is 0.251 e. The van der Waals surface area contributed by atoms with E-state index in [4.69, 9.17) is 10.5 Å². The van der Waals surface area contributed by atoms with Crippen molar-refractivity contribution in [1.29, 1.82) is 0 Å². The molecule has 3 rings (SSSR count). The highest BCUT2D eigenvalue weighted by Crippen LogP contribution is 2.18. The van der Waals surface area contributed by atoms with Crippen molar-refractivity contribution in [2.24, 2.45) is 5.73 Å². The van der Waals surface area contributed by atoms with Crippen LogP contribution >= 0.6 is 0 Å². The minimum atomic E-state index is -0.132. The van der Waals surface area contributed by atoms with Crippen LogP contribution in [-0.2, 0) is 13.0 Å². The number of amides is 1. The number of carbonyl (C=O) groups is 1. The summed E-state index contributed by atoms with van der Waals surface area (Å²) in [6, 6.07) is 13.1. The van der Waals surface area contributed by atoms with Crippen molar-refractivity contribution in [3.63, 3.8) is 0 Å². The average molecular weight is 324 g/mol. The lowest BCUT2D eigenvalue weighted by Gasteiger charge is -2.04. The van der Waals surface area contributed by atoms with Gasteiger partial charge in [0.2, 0.25) is 0 Å². The van der Waals surface area contributed by atoms with Gasteiger partial charge >= 0.3 is 0 Å². The molecule has 24 heavy (non-hydrogen) atoms. The van der Waals surface area contributed by atoms with E-state index in [2.05, 4.69) is 15.3 Å². The minimum absolute atomic E-state index is 0.132. The van der Waals surface area contributed by atoms with Crippen molar-refractivity contribution in [2.75, 3.05) is 13.7 Å². The molecule has 6 heteroatoms. The molecule has 1 heterocycles. The predicted molar refractivity (Wildman–Crippen MR) is 93.0 cm³/mol. The molecule has 0 saturated carbocycles. The molecule has 0 radical (unpaired) electrons. The largest absolute Gasteiger partial charge is 0.497 e. The average Bonchev–Trinajstić information content (AvgIpc) is 3.02. The number of rotatable bonds is 6. The molecule has 1 amide bonds. The number of aromatic amines is 1. The van der Waals surface area contributed by atoms with E-state index in [-0.39, 0.29) is 5.91 Å². The zero-order valence-corrected chi connectivity index (χ0v) is 13.5. The molecule has 3 aromatic rings. The van der Waals surface area contributed by atoms with Crippen molar-refractivity contribution in [3.05, 3.63) is 59.4 Å². The van der Waals surface area contributed by atoms with Crippen LogP contribution in [0, 0.1) is 0 Å². The number of hydrogen-bond acceptors (Lipinski definition) is 4. The van der Waals surface area contributed by atoms with Crippen LogP contribution in [0.3, 0.4) is 0 Å². The molecular formula is C18H20N4O2. The van der Waals surface area contributed by atoms with E-state index < -0.39 is 0 Å². The summed E-state index contributed by atoms with van der Waals surface area (Å²) in [4.78, 5) is 19.8. The van der Waals surface area contributed by atoms with Crippen molar-refractivity contribution in [1.82, 2.24) is 15.3 Å². The van der Waals surface area contributed by atoms with Crippen LogP contribution in [0.2, 0.25) is 0 Å². The Morgan fingerprint density at radius 1 is 1.25 bits per heavy atom. The number of nitrogens with one attached hydrogen (secondary N) is 2. The Hall–Kier alpha value is -2.86. The van der Waals surface area contributed by atoms with Gasteiger partial charge in [0.25, 0.3) is 5.91 Å². The summed E-state index contributed by atoms with van der Waals surface area (Å²) >= 11 is 0. The Labute approximate surface area is 140 Å². The monoisotopic (exact) mass is 324 g/mol. The van der Waals surface area contributed by atoms with Gasteiger partial charge in [0, 0.05) is 11.6 Å². The highest BCUT2D eigenvalue weighted by Gasteiger charge is 2.08. The van der Waals surface area contributed by atoms with Gasteiger partial charge in [-0.1, -0.05) is 12.1 Å². The zero-order chi connectivity index (χ0) is 16.9. The van der Waals surface area contributed by atoms with Crippen molar-refractivity contribution < 1.29 is 9.53 Å². The maximum absolute atomic E-state index is 12.2. The van der Waals surface area contributed by atoms with Gasteiger partial charge < -0.3 is 20.8 Å². The van der Waals surface area contributed by atoms with Crippen molar-refractivity contribution in [3.8, 4) is 5.75 Å². The molecule has 2 aromatic carbocycles. The molecule has 0 aliphatic rings. The van der Waals surface area contributed by atoms with E-state index in [1.54, 1.807) is 7.11 Å². The lowest BCUT2D eigenvalue weighted by atomic mass is 10.1. The van der Waals surface area contributed by atoms with Gasteiger partial charge in [0.05, 0.1) is 24.7 Å². The lowest BCUT2D eigenvalue weighted by Crippen LogP contribution is -2.23. The molecule has 4 N–H and O–H groups in total. The minimum Gasteiger partial charge on any atom is -0.497 e. The normalized spacial score (nSPS) is 10.8. The third-order valence-electron chi connectivity index (χ3n) is 3.80. The van der Waals surface area contributed by atoms with E-state index in [9.17, 15) is 4.79 Å². The number of aromatic nitrogens is 2. The topological polar surface area (TPSA) is 93.0 Å². The first kappa shape index (κ1) is 16.0. The third-order valence-corrected chi connectivity index (χ3v) is 3.80. The molecule has 0 bridgehead atoms. The quantitative estimate of drug-likeness (QED) is 0.646. The molecule has 0 spiro atoms. The summed E-state index contributed by atoms with van der Waals surface area (Å²) in [6.45, 7) is 0.933. The molecule has 0 aliphatic heterocycles. The third kappa shape index (κ3) is 3.55. The summed E-state index contributed by atoms with van der Waals surface area (Å²) < 4.78 is 5.19. The fourth-order valence-electron chi connectivity index (χ4n) is 2.51. The van der Waals surface area contributed by atoms with Crippen molar-refractivity contribution in [2.45, 2.75) is 13.0 Å². The second-order valence-corrected chi connectivity index (χ2v) is 5.48. The number of methoxy groups -OCH3 is 1. The van der Waals surface area contributed by atoms with E-state index in [0.717, 1.165) is 28.8 Å². The number of H-pyrrole nitrogens is 1. The number of hydrogen-bond donors (Lipinski definition) is 3. The van der Waals surface area contributed by atoms with Crippen LogP contribution in [0.25, 0.3) is 11.0 Å².